The first-order chi connectivity index (χ1) is 7.63. The second kappa shape index (κ2) is 6.74. The average Bonchev–Trinajstić information content (AvgIpc) is 2.26. The van der Waals surface area contributed by atoms with Crippen LogP contribution in [0.25, 0.3) is 0 Å². The molecule has 0 aromatic heterocycles. The summed E-state index contributed by atoms with van der Waals surface area (Å²) in [4.78, 5) is 6.94. The standard InChI is InChI=1S/C12H26N4/c1-4-16-8-6-5-7-11(16)9-14-12(13)15-10(2)3/h10-11H,4-9H2,1-3H3,(H3,13,14,15). The number of aliphatic imine (C=N–C) groups is 1. The SMILES string of the molecule is CCN1CCCCC1CN=C(N)NC(C)C. The molecule has 0 spiro atoms. The number of nitrogens with two attached hydrogens (primary N) is 1. The van der Waals surface area contributed by atoms with Crippen molar-refractivity contribution in [3.05, 3.63) is 0 Å². The van der Waals surface area contributed by atoms with Crippen molar-refractivity contribution in [2.24, 2.45) is 10.7 Å². The van der Waals surface area contributed by atoms with Crippen molar-refractivity contribution in [2.45, 2.75) is 52.1 Å². The Bertz CT molecular complexity index is 225. The van der Waals surface area contributed by atoms with E-state index in [1.54, 1.807) is 0 Å². The second-order valence-electron chi connectivity index (χ2n) is 4.80. The van der Waals surface area contributed by atoms with Gasteiger partial charge in [0.1, 0.15) is 0 Å². The summed E-state index contributed by atoms with van der Waals surface area (Å²) in [6, 6.07) is 0.948. The monoisotopic (exact) mass is 226 g/mol. The molecule has 0 aromatic carbocycles. The predicted octanol–water partition coefficient (Wildman–Crippen LogP) is 1.17. The number of guanidine groups is 1. The Morgan fingerprint density at radius 2 is 2.25 bits per heavy atom. The van der Waals surface area contributed by atoms with Crippen LogP contribution in [0.1, 0.15) is 40.0 Å². The van der Waals surface area contributed by atoms with Gasteiger partial charge < -0.3 is 11.1 Å². The van der Waals surface area contributed by atoms with Gasteiger partial charge in [0, 0.05) is 12.1 Å². The number of hydrogen-bond donors (Lipinski definition) is 2. The molecule has 94 valence electrons. The van der Waals surface area contributed by atoms with E-state index >= 15 is 0 Å². The van der Waals surface area contributed by atoms with E-state index in [1.165, 1.54) is 25.8 Å². The highest BCUT2D eigenvalue weighted by Crippen LogP contribution is 2.16. The summed E-state index contributed by atoms with van der Waals surface area (Å²) in [5, 5.41) is 3.12. The molecule has 0 amide bonds. The van der Waals surface area contributed by atoms with Gasteiger partial charge in [-0.3, -0.25) is 9.89 Å². The van der Waals surface area contributed by atoms with Gasteiger partial charge in [-0.25, -0.2) is 0 Å². The Labute approximate surface area is 99.3 Å². The molecule has 1 heterocycles. The zero-order chi connectivity index (χ0) is 12.0. The minimum atomic E-state index is 0.359. The van der Waals surface area contributed by atoms with Crippen LogP contribution in [-0.4, -0.2) is 42.6 Å². The topological polar surface area (TPSA) is 53.6 Å². The number of likely N-dealkylation sites (tertiary alicyclic amines) is 1. The molecular formula is C12H26N4. The van der Waals surface area contributed by atoms with Crippen LogP contribution in [0.2, 0.25) is 0 Å². The van der Waals surface area contributed by atoms with Gasteiger partial charge in [0.25, 0.3) is 0 Å². The zero-order valence-electron chi connectivity index (χ0n) is 10.9. The van der Waals surface area contributed by atoms with Crippen LogP contribution in [0, 0.1) is 0 Å². The van der Waals surface area contributed by atoms with Gasteiger partial charge in [0.15, 0.2) is 5.96 Å². The third-order valence-corrected chi connectivity index (χ3v) is 3.06. The molecule has 1 unspecified atom stereocenters. The van der Waals surface area contributed by atoms with Crippen molar-refractivity contribution in [1.82, 2.24) is 10.2 Å². The van der Waals surface area contributed by atoms with Crippen molar-refractivity contribution in [2.75, 3.05) is 19.6 Å². The van der Waals surface area contributed by atoms with Crippen molar-refractivity contribution in [1.29, 1.82) is 0 Å². The molecule has 0 aliphatic carbocycles. The number of rotatable bonds is 4. The van der Waals surface area contributed by atoms with Crippen LogP contribution in [-0.2, 0) is 0 Å². The largest absolute Gasteiger partial charge is 0.370 e. The Hall–Kier alpha value is -0.770. The molecule has 0 bridgehead atoms. The lowest BCUT2D eigenvalue weighted by Crippen LogP contribution is -2.43. The summed E-state index contributed by atoms with van der Waals surface area (Å²) in [6.07, 6.45) is 3.91. The highest BCUT2D eigenvalue weighted by Gasteiger charge is 2.20. The molecule has 1 atom stereocenters. The first kappa shape index (κ1) is 13.3. The summed E-state index contributed by atoms with van der Waals surface area (Å²) in [5.41, 5.74) is 5.80. The quantitative estimate of drug-likeness (QED) is 0.559. The molecule has 1 aliphatic heterocycles. The summed E-state index contributed by atoms with van der Waals surface area (Å²) in [5.74, 6) is 0.580. The molecule has 16 heavy (non-hydrogen) atoms. The molecular weight excluding hydrogens is 200 g/mol. The van der Waals surface area contributed by atoms with Gasteiger partial charge in [-0.1, -0.05) is 13.3 Å². The number of nitrogens with zero attached hydrogens (tertiary/aromatic N) is 2. The van der Waals surface area contributed by atoms with Gasteiger partial charge >= 0.3 is 0 Å². The van der Waals surface area contributed by atoms with Crippen LogP contribution in [0.3, 0.4) is 0 Å². The average molecular weight is 226 g/mol. The third-order valence-electron chi connectivity index (χ3n) is 3.06. The molecule has 4 heteroatoms. The highest BCUT2D eigenvalue weighted by atomic mass is 15.2. The highest BCUT2D eigenvalue weighted by molar-refractivity contribution is 5.78. The molecule has 4 nitrogen and oxygen atoms in total. The van der Waals surface area contributed by atoms with Crippen LogP contribution in [0.4, 0.5) is 0 Å². The van der Waals surface area contributed by atoms with Crippen molar-refractivity contribution < 1.29 is 0 Å². The molecule has 3 N–H and O–H groups in total. The normalized spacial score (nSPS) is 23.8. The van der Waals surface area contributed by atoms with E-state index in [2.05, 4.69) is 36.0 Å². The lowest BCUT2D eigenvalue weighted by molar-refractivity contribution is 0.161. The van der Waals surface area contributed by atoms with Crippen molar-refractivity contribution in [3.63, 3.8) is 0 Å². The minimum Gasteiger partial charge on any atom is -0.370 e. The fourth-order valence-electron chi connectivity index (χ4n) is 2.23. The lowest BCUT2D eigenvalue weighted by atomic mass is 10.0. The summed E-state index contributed by atoms with van der Waals surface area (Å²) in [6.45, 7) is 9.53. The maximum Gasteiger partial charge on any atom is 0.188 e. The van der Waals surface area contributed by atoms with Gasteiger partial charge in [0.05, 0.1) is 6.54 Å². The summed E-state index contributed by atoms with van der Waals surface area (Å²) >= 11 is 0. The van der Waals surface area contributed by atoms with Crippen LogP contribution in [0.15, 0.2) is 4.99 Å². The number of nitrogens with one attached hydrogen (secondary N) is 1. The smallest absolute Gasteiger partial charge is 0.188 e. The van der Waals surface area contributed by atoms with Crippen LogP contribution >= 0.6 is 0 Å². The first-order valence-corrected chi connectivity index (χ1v) is 6.44. The molecule has 1 aliphatic rings. The third kappa shape index (κ3) is 4.39. The zero-order valence-corrected chi connectivity index (χ0v) is 10.9. The molecule has 0 aromatic rings. The second-order valence-corrected chi connectivity index (χ2v) is 4.80. The van der Waals surface area contributed by atoms with Crippen molar-refractivity contribution in [3.8, 4) is 0 Å². The number of likely N-dealkylation sites (N-methyl/N-ethyl adjacent to an activating group) is 1. The molecule has 1 fully saturated rings. The maximum absolute atomic E-state index is 5.80. The fraction of sp³-hybridized carbons (Fsp3) is 0.917. The lowest BCUT2D eigenvalue weighted by Gasteiger charge is -2.33. The van der Waals surface area contributed by atoms with Gasteiger partial charge in [0.2, 0.25) is 0 Å². The first-order valence-electron chi connectivity index (χ1n) is 6.44. The van der Waals surface area contributed by atoms with E-state index in [9.17, 15) is 0 Å². The number of hydrogen-bond acceptors (Lipinski definition) is 2. The van der Waals surface area contributed by atoms with Crippen LogP contribution < -0.4 is 11.1 Å². The Balaban J connectivity index is 2.39. The van der Waals surface area contributed by atoms with Gasteiger partial charge in [-0.2, -0.15) is 0 Å². The Morgan fingerprint density at radius 1 is 1.50 bits per heavy atom. The fourth-order valence-corrected chi connectivity index (χ4v) is 2.23. The summed E-state index contributed by atoms with van der Waals surface area (Å²) in [7, 11) is 0. The molecule has 1 rings (SSSR count). The van der Waals surface area contributed by atoms with E-state index in [0.29, 0.717) is 18.0 Å². The van der Waals surface area contributed by atoms with Gasteiger partial charge in [-0.05, 0) is 39.8 Å². The minimum absolute atomic E-state index is 0.359. The van der Waals surface area contributed by atoms with Crippen LogP contribution in [0.5, 0.6) is 0 Å². The van der Waals surface area contributed by atoms with E-state index in [0.717, 1.165) is 13.1 Å². The Morgan fingerprint density at radius 3 is 2.88 bits per heavy atom. The van der Waals surface area contributed by atoms with Crippen molar-refractivity contribution >= 4 is 5.96 Å². The Kier molecular flexibility index (Phi) is 5.60. The van der Waals surface area contributed by atoms with E-state index in [-0.39, 0.29) is 0 Å². The van der Waals surface area contributed by atoms with E-state index in [1.807, 2.05) is 0 Å². The molecule has 0 saturated carbocycles. The molecule has 0 radical (unpaired) electrons. The maximum atomic E-state index is 5.80. The van der Waals surface area contributed by atoms with E-state index < -0.39 is 0 Å². The van der Waals surface area contributed by atoms with E-state index in [4.69, 9.17) is 5.73 Å². The molecule has 1 saturated heterocycles. The number of piperidine rings is 1. The predicted molar refractivity (Wildman–Crippen MR) is 69.6 cm³/mol. The van der Waals surface area contributed by atoms with Gasteiger partial charge in [-0.15, -0.1) is 0 Å². The summed E-state index contributed by atoms with van der Waals surface area (Å²) < 4.78 is 0.